The van der Waals surface area contributed by atoms with Crippen LogP contribution in [0, 0.1) is 11.8 Å². The molecule has 0 heterocycles. The second-order valence-corrected chi connectivity index (χ2v) is 19.5. The van der Waals surface area contributed by atoms with E-state index >= 15 is 0 Å². The number of ether oxygens (including phenoxy) is 3. The number of hydrogen-bond acceptors (Lipinski definition) is 6. The van der Waals surface area contributed by atoms with Crippen molar-refractivity contribution < 1.29 is 28.6 Å². The number of carbonyl (C=O) groups is 3. The average molecular weight is 849 g/mol. The van der Waals surface area contributed by atoms with Gasteiger partial charge in [-0.2, -0.15) is 0 Å². The number of unbranched alkanes of at least 4 members (excludes halogenated alkanes) is 33. The van der Waals surface area contributed by atoms with Gasteiger partial charge in [-0.05, 0) is 31.1 Å². The molecule has 0 aromatic heterocycles. The SMILES string of the molecule is CCCCCCCCCCCCCCCCCCC(=O)OC[C@H](COC(=O)CCCCCCCCCCC(C)C)OC(=O)CCCCCCCCCCCCCCC(C)C. The minimum absolute atomic E-state index is 0.0637. The molecule has 0 aliphatic rings. The topological polar surface area (TPSA) is 78.9 Å². The van der Waals surface area contributed by atoms with E-state index in [0.717, 1.165) is 69.6 Å². The Balaban J connectivity index is 4.29. The van der Waals surface area contributed by atoms with Crippen molar-refractivity contribution in [2.45, 2.75) is 304 Å². The number of carbonyl (C=O) groups excluding carboxylic acids is 3. The van der Waals surface area contributed by atoms with Crippen molar-refractivity contribution in [1.29, 1.82) is 0 Å². The molecule has 0 spiro atoms. The van der Waals surface area contributed by atoms with Gasteiger partial charge in [-0.3, -0.25) is 14.4 Å². The highest BCUT2D eigenvalue weighted by Gasteiger charge is 2.19. The molecule has 6 heteroatoms. The van der Waals surface area contributed by atoms with Gasteiger partial charge in [0.05, 0.1) is 0 Å². The quantitative estimate of drug-likeness (QED) is 0.0345. The molecular weight excluding hydrogens is 745 g/mol. The summed E-state index contributed by atoms with van der Waals surface area (Å²) >= 11 is 0. The van der Waals surface area contributed by atoms with Crippen LogP contribution in [-0.2, 0) is 28.6 Å². The highest BCUT2D eigenvalue weighted by atomic mass is 16.6. The summed E-state index contributed by atoms with van der Waals surface area (Å²) in [5.41, 5.74) is 0. The first-order valence-electron chi connectivity index (χ1n) is 26.7. The van der Waals surface area contributed by atoms with Crippen LogP contribution < -0.4 is 0 Å². The van der Waals surface area contributed by atoms with E-state index < -0.39 is 6.10 Å². The van der Waals surface area contributed by atoms with E-state index in [-0.39, 0.29) is 31.1 Å². The van der Waals surface area contributed by atoms with E-state index in [2.05, 4.69) is 34.6 Å². The Morgan fingerprint density at radius 2 is 0.550 bits per heavy atom. The fourth-order valence-corrected chi connectivity index (χ4v) is 8.17. The molecule has 0 N–H and O–H groups in total. The molecule has 6 nitrogen and oxygen atoms in total. The Hall–Kier alpha value is -1.59. The van der Waals surface area contributed by atoms with Crippen LogP contribution in [0.15, 0.2) is 0 Å². The minimum Gasteiger partial charge on any atom is -0.462 e. The molecule has 0 aromatic rings. The van der Waals surface area contributed by atoms with Gasteiger partial charge in [0.1, 0.15) is 13.2 Å². The summed E-state index contributed by atoms with van der Waals surface area (Å²) in [5, 5.41) is 0. The first kappa shape index (κ1) is 58.4. The van der Waals surface area contributed by atoms with E-state index in [1.807, 2.05) is 0 Å². The smallest absolute Gasteiger partial charge is 0.306 e. The van der Waals surface area contributed by atoms with Crippen LogP contribution in [0.25, 0.3) is 0 Å². The maximum atomic E-state index is 12.8. The summed E-state index contributed by atoms with van der Waals surface area (Å²) in [7, 11) is 0. The van der Waals surface area contributed by atoms with Gasteiger partial charge in [-0.15, -0.1) is 0 Å². The molecule has 0 aliphatic carbocycles. The number of hydrogen-bond donors (Lipinski definition) is 0. The van der Waals surface area contributed by atoms with Crippen LogP contribution in [0.2, 0.25) is 0 Å². The highest BCUT2D eigenvalue weighted by Crippen LogP contribution is 2.17. The molecule has 0 aliphatic heterocycles. The van der Waals surface area contributed by atoms with Gasteiger partial charge in [-0.25, -0.2) is 0 Å². The fourth-order valence-electron chi connectivity index (χ4n) is 8.17. The lowest BCUT2D eigenvalue weighted by Gasteiger charge is -2.18. The Labute approximate surface area is 374 Å². The lowest BCUT2D eigenvalue weighted by Crippen LogP contribution is -2.30. The van der Waals surface area contributed by atoms with Gasteiger partial charge >= 0.3 is 17.9 Å². The van der Waals surface area contributed by atoms with Crippen LogP contribution >= 0.6 is 0 Å². The zero-order valence-corrected chi connectivity index (χ0v) is 41.1. The van der Waals surface area contributed by atoms with Crippen molar-refractivity contribution in [3.63, 3.8) is 0 Å². The maximum Gasteiger partial charge on any atom is 0.306 e. The molecule has 0 saturated carbocycles. The second-order valence-electron chi connectivity index (χ2n) is 19.5. The van der Waals surface area contributed by atoms with Crippen LogP contribution in [-0.4, -0.2) is 37.2 Å². The van der Waals surface area contributed by atoms with Gasteiger partial charge in [-0.1, -0.05) is 259 Å². The summed E-state index contributed by atoms with van der Waals surface area (Å²) in [6.07, 6.45) is 48.1. The Bertz CT molecular complexity index is 916. The molecule has 0 aromatic carbocycles. The monoisotopic (exact) mass is 849 g/mol. The minimum atomic E-state index is -0.762. The maximum absolute atomic E-state index is 12.8. The highest BCUT2D eigenvalue weighted by molar-refractivity contribution is 5.71. The fraction of sp³-hybridized carbons (Fsp3) is 0.944. The molecule has 0 bridgehead atoms. The molecule has 60 heavy (non-hydrogen) atoms. The molecular formula is C54H104O6. The van der Waals surface area contributed by atoms with Gasteiger partial charge in [0.25, 0.3) is 0 Å². The summed E-state index contributed by atoms with van der Waals surface area (Å²) in [6.45, 7) is 11.4. The predicted molar refractivity (Wildman–Crippen MR) is 256 cm³/mol. The second kappa shape index (κ2) is 46.9. The van der Waals surface area contributed by atoms with Crippen molar-refractivity contribution in [3.05, 3.63) is 0 Å². The zero-order chi connectivity index (χ0) is 44.0. The molecule has 1 atom stereocenters. The molecule has 0 unspecified atom stereocenters. The van der Waals surface area contributed by atoms with E-state index in [0.29, 0.717) is 19.3 Å². The molecule has 0 amide bonds. The number of rotatable bonds is 48. The van der Waals surface area contributed by atoms with Gasteiger partial charge in [0.2, 0.25) is 0 Å². The molecule has 0 rings (SSSR count). The first-order chi connectivity index (χ1) is 29.2. The largest absolute Gasteiger partial charge is 0.462 e. The molecule has 356 valence electrons. The summed E-state index contributed by atoms with van der Waals surface area (Å²) in [4.78, 5) is 38.0. The Morgan fingerprint density at radius 3 is 0.817 bits per heavy atom. The average Bonchev–Trinajstić information content (AvgIpc) is 3.22. The summed E-state index contributed by atoms with van der Waals surface area (Å²) < 4.78 is 16.8. The van der Waals surface area contributed by atoms with Crippen molar-refractivity contribution in [1.82, 2.24) is 0 Å². The van der Waals surface area contributed by atoms with E-state index in [1.54, 1.807) is 0 Å². The Kier molecular flexibility index (Phi) is 45.7. The van der Waals surface area contributed by atoms with Crippen LogP contribution in [0.5, 0.6) is 0 Å². The van der Waals surface area contributed by atoms with Crippen molar-refractivity contribution in [2.24, 2.45) is 11.8 Å². The van der Waals surface area contributed by atoms with Crippen molar-refractivity contribution in [3.8, 4) is 0 Å². The molecule has 0 fully saturated rings. The third-order valence-electron chi connectivity index (χ3n) is 12.2. The third-order valence-corrected chi connectivity index (χ3v) is 12.2. The lowest BCUT2D eigenvalue weighted by atomic mass is 10.0. The van der Waals surface area contributed by atoms with Crippen LogP contribution in [0.1, 0.15) is 298 Å². The van der Waals surface area contributed by atoms with E-state index in [1.165, 1.54) is 186 Å². The van der Waals surface area contributed by atoms with Crippen LogP contribution in [0.4, 0.5) is 0 Å². The summed E-state index contributed by atoms with van der Waals surface area (Å²) in [6, 6.07) is 0. The lowest BCUT2D eigenvalue weighted by molar-refractivity contribution is -0.167. The van der Waals surface area contributed by atoms with Crippen molar-refractivity contribution >= 4 is 17.9 Å². The third kappa shape index (κ3) is 47.5. The molecule has 0 radical (unpaired) electrons. The first-order valence-corrected chi connectivity index (χ1v) is 26.7. The Morgan fingerprint density at radius 1 is 0.317 bits per heavy atom. The zero-order valence-electron chi connectivity index (χ0n) is 41.1. The summed E-state index contributed by atoms with van der Waals surface area (Å²) in [5.74, 6) is 0.781. The van der Waals surface area contributed by atoms with Crippen LogP contribution in [0.3, 0.4) is 0 Å². The normalized spacial score (nSPS) is 12.1. The van der Waals surface area contributed by atoms with Gasteiger partial charge in [0.15, 0.2) is 6.10 Å². The molecule has 0 saturated heterocycles. The number of esters is 3. The standard InChI is InChI=1S/C54H104O6/c1-6-7-8-9-10-11-12-13-14-15-16-20-23-29-34-39-44-52(55)58-47-51(48-59-53(56)45-40-35-30-26-25-28-33-38-43-50(4)5)60-54(57)46-41-36-31-24-21-18-17-19-22-27-32-37-42-49(2)3/h49-51H,6-48H2,1-5H3/t51-/m1/s1. The predicted octanol–water partition coefficient (Wildman–Crippen LogP) is 17.3. The van der Waals surface area contributed by atoms with E-state index in [9.17, 15) is 14.4 Å². The van der Waals surface area contributed by atoms with Crippen molar-refractivity contribution in [2.75, 3.05) is 13.2 Å². The van der Waals surface area contributed by atoms with Gasteiger partial charge in [0, 0.05) is 19.3 Å². The van der Waals surface area contributed by atoms with E-state index in [4.69, 9.17) is 14.2 Å². The van der Waals surface area contributed by atoms with Gasteiger partial charge < -0.3 is 14.2 Å².